The van der Waals surface area contributed by atoms with Gasteiger partial charge in [-0.15, -0.1) is 0 Å². The van der Waals surface area contributed by atoms with E-state index < -0.39 is 42.3 Å². The highest BCUT2D eigenvalue weighted by Gasteiger charge is 2.52. The van der Waals surface area contributed by atoms with Gasteiger partial charge in [0.15, 0.2) is 0 Å². The molecule has 0 aromatic rings. The van der Waals surface area contributed by atoms with Crippen LogP contribution >= 0.6 is 0 Å². The molecule has 1 amide bonds. The van der Waals surface area contributed by atoms with Crippen molar-refractivity contribution in [2.24, 2.45) is 11.7 Å². The van der Waals surface area contributed by atoms with Gasteiger partial charge in [0.2, 0.25) is 5.91 Å². The predicted molar refractivity (Wildman–Crippen MR) is 54.5 cm³/mol. The van der Waals surface area contributed by atoms with Crippen molar-refractivity contribution < 1.29 is 29.6 Å². The quantitative estimate of drug-likeness (QED) is 0.398. The average Bonchev–Trinajstić information content (AvgIpc) is 2.75. The van der Waals surface area contributed by atoms with Gasteiger partial charge in [0.05, 0.1) is 12.2 Å². The molecule has 0 aromatic heterocycles. The molecule has 5 N–H and O–H groups in total. The number of ether oxygens (including phenoxy) is 2. The van der Waals surface area contributed by atoms with Crippen LogP contribution in [0.15, 0.2) is 12.2 Å². The standard InChI is InChI=1S/C10H15NO6/c11-5(12)2-1-4-6(13)8(15)10-9(7(4)14)16-3-17-10/h1-2,4,6-10,13-15H,3H2,(H2,11,12)/b2-1+/t4-,6+,7-,8-,9+,10-/m1/s1. The smallest absolute Gasteiger partial charge is 0.241 e. The molecule has 1 saturated heterocycles. The number of hydrogen-bond acceptors (Lipinski definition) is 6. The number of aliphatic hydroxyl groups excluding tert-OH is 3. The topological polar surface area (TPSA) is 122 Å². The Bertz CT molecular complexity index is 333. The van der Waals surface area contributed by atoms with Crippen molar-refractivity contribution in [3.63, 3.8) is 0 Å². The first-order chi connectivity index (χ1) is 8.02. The summed E-state index contributed by atoms with van der Waals surface area (Å²) in [5, 5.41) is 29.6. The second-order valence-corrected chi connectivity index (χ2v) is 4.19. The van der Waals surface area contributed by atoms with Gasteiger partial charge < -0.3 is 30.5 Å². The van der Waals surface area contributed by atoms with E-state index >= 15 is 0 Å². The van der Waals surface area contributed by atoms with E-state index in [4.69, 9.17) is 15.2 Å². The van der Waals surface area contributed by atoms with Gasteiger partial charge in [0, 0.05) is 5.92 Å². The monoisotopic (exact) mass is 245 g/mol. The summed E-state index contributed by atoms with van der Waals surface area (Å²) in [4.78, 5) is 10.6. The highest BCUT2D eigenvalue weighted by Crippen LogP contribution is 2.33. The van der Waals surface area contributed by atoms with Crippen molar-refractivity contribution >= 4 is 5.91 Å². The summed E-state index contributed by atoms with van der Waals surface area (Å²) in [6, 6.07) is 0. The number of hydrogen-bond donors (Lipinski definition) is 4. The molecule has 1 saturated carbocycles. The van der Waals surface area contributed by atoms with E-state index in [9.17, 15) is 20.1 Å². The van der Waals surface area contributed by atoms with Crippen LogP contribution in [0, 0.1) is 5.92 Å². The van der Waals surface area contributed by atoms with Crippen molar-refractivity contribution in [2.45, 2.75) is 30.5 Å². The first-order valence-corrected chi connectivity index (χ1v) is 5.27. The van der Waals surface area contributed by atoms with Gasteiger partial charge in [0.1, 0.15) is 25.1 Å². The summed E-state index contributed by atoms with van der Waals surface area (Å²) in [6.45, 7) is -0.0393. The van der Waals surface area contributed by atoms with Crippen LogP contribution in [-0.2, 0) is 14.3 Å². The van der Waals surface area contributed by atoms with E-state index in [0.29, 0.717) is 0 Å². The van der Waals surface area contributed by atoms with Crippen molar-refractivity contribution in [3.05, 3.63) is 12.2 Å². The number of nitrogens with two attached hydrogens (primary N) is 1. The number of fused-ring (bicyclic) bond motifs is 1. The minimum atomic E-state index is -1.23. The second-order valence-electron chi connectivity index (χ2n) is 4.19. The van der Waals surface area contributed by atoms with E-state index in [0.717, 1.165) is 6.08 Å². The molecule has 0 bridgehead atoms. The Hall–Kier alpha value is -0.990. The molecule has 1 heterocycles. The van der Waals surface area contributed by atoms with Gasteiger partial charge in [-0.3, -0.25) is 4.79 Å². The van der Waals surface area contributed by atoms with Crippen molar-refractivity contribution in [2.75, 3.05) is 6.79 Å². The lowest BCUT2D eigenvalue weighted by atomic mass is 9.78. The molecule has 2 rings (SSSR count). The lowest BCUT2D eigenvalue weighted by molar-refractivity contribution is -0.154. The maximum absolute atomic E-state index is 10.6. The Balaban J connectivity index is 2.18. The number of rotatable bonds is 2. The third-order valence-corrected chi connectivity index (χ3v) is 3.14. The Morgan fingerprint density at radius 3 is 2.29 bits per heavy atom. The van der Waals surface area contributed by atoms with E-state index in [1.165, 1.54) is 6.08 Å². The molecule has 2 aliphatic rings. The summed E-state index contributed by atoms with van der Waals surface area (Å²) >= 11 is 0. The van der Waals surface area contributed by atoms with Crippen LogP contribution < -0.4 is 5.73 Å². The van der Waals surface area contributed by atoms with Crippen LogP contribution in [0.5, 0.6) is 0 Å². The zero-order valence-electron chi connectivity index (χ0n) is 8.97. The highest BCUT2D eigenvalue weighted by atomic mass is 16.7. The Labute approximate surface area is 97.4 Å². The van der Waals surface area contributed by atoms with E-state index in [1.807, 2.05) is 0 Å². The molecule has 7 nitrogen and oxygen atoms in total. The van der Waals surface area contributed by atoms with Crippen molar-refractivity contribution in [3.8, 4) is 0 Å². The number of aliphatic hydroxyl groups is 3. The van der Waals surface area contributed by atoms with Gasteiger partial charge in [-0.05, 0) is 6.08 Å². The molecule has 17 heavy (non-hydrogen) atoms. The summed E-state index contributed by atoms with van der Waals surface area (Å²) in [7, 11) is 0. The Kier molecular flexibility index (Phi) is 3.45. The molecule has 0 radical (unpaired) electrons. The van der Waals surface area contributed by atoms with Gasteiger partial charge in [0.25, 0.3) is 0 Å². The number of primary amides is 1. The normalized spacial score (nSPS) is 46.1. The summed E-state index contributed by atoms with van der Waals surface area (Å²) in [6.07, 6.45) is -2.61. The van der Waals surface area contributed by atoms with Crippen LogP contribution in [0.25, 0.3) is 0 Å². The molecule has 0 aromatic carbocycles. The maximum atomic E-state index is 10.6. The van der Waals surface area contributed by atoms with Crippen LogP contribution in [0.2, 0.25) is 0 Å². The number of amides is 1. The number of carbonyl (C=O) groups excluding carboxylic acids is 1. The first-order valence-electron chi connectivity index (χ1n) is 5.27. The molecule has 2 fully saturated rings. The van der Waals surface area contributed by atoms with Gasteiger partial charge in [-0.25, -0.2) is 0 Å². The fourth-order valence-electron chi connectivity index (χ4n) is 2.25. The maximum Gasteiger partial charge on any atom is 0.241 e. The molecule has 0 unspecified atom stereocenters. The third-order valence-electron chi connectivity index (χ3n) is 3.14. The van der Waals surface area contributed by atoms with Gasteiger partial charge in [-0.1, -0.05) is 6.08 Å². The van der Waals surface area contributed by atoms with E-state index in [2.05, 4.69) is 0 Å². The van der Waals surface area contributed by atoms with Crippen LogP contribution in [0.3, 0.4) is 0 Å². The van der Waals surface area contributed by atoms with Gasteiger partial charge in [-0.2, -0.15) is 0 Å². The zero-order chi connectivity index (χ0) is 12.6. The second kappa shape index (κ2) is 4.71. The lowest BCUT2D eigenvalue weighted by Gasteiger charge is -2.40. The van der Waals surface area contributed by atoms with Crippen LogP contribution in [0.1, 0.15) is 0 Å². The van der Waals surface area contributed by atoms with Crippen molar-refractivity contribution in [1.29, 1.82) is 0 Å². The minimum Gasteiger partial charge on any atom is -0.390 e. The average molecular weight is 245 g/mol. The summed E-state index contributed by atoms with van der Waals surface area (Å²) < 4.78 is 10.2. The van der Waals surface area contributed by atoms with Gasteiger partial charge >= 0.3 is 0 Å². The van der Waals surface area contributed by atoms with Crippen LogP contribution in [0.4, 0.5) is 0 Å². The molecule has 6 atom stereocenters. The molecule has 96 valence electrons. The summed E-state index contributed by atoms with van der Waals surface area (Å²) in [5.74, 6) is -1.51. The molecule has 7 heteroatoms. The zero-order valence-corrected chi connectivity index (χ0v) is 8.97. The molecular weight excluding hydrogens is 230 g/mol. The minimum absolute atomic E-state index is 0.0393. The highest BCUT2D eigenvalue weighted by molar-refractivity contribution is 5.85. The summed E-state index contributed by atoms with van der Waals surface area (Å²) in [5.41, 5.74) is 4.93. The Morgan fingerprint density at radius 2 is 1.71 bits per heavy atom. The fraction of sp³-hybridized carbons (Fsp3) is 0.700. The molecule has 1 aliphatic carbocycles. The number of carbonyl (C=O) groups is 1. The lowest BCUT2D eigenvalue weighted by Crippen LogP contribution is -2.59. The predicted octanol–water partition coefficient (Wildman–Crippen LogP) is -2.52. The SMILES string of the molecule is NC(=O)/C=C/[C@@H]1[C@H](O)[C@@H](O)[C@H]2OCO[C@H]2[C@@H]1O. The van der Waals surface area contributed by atoms with E-state index in [-0.39, 0.29) is 6.79 Å². The fourth-order valence-corrected chi connectivity index (χ4v) is 2.25. The largest absolute Gasteiger partial charge is 0.390 e. The molecule has 0 spiro atoms. The third kappa shape index (κ3) is 2.20. The molecular formula is C10H15NO6. The van der Waals surface area contributed by atoms with Crippen LogP contribution in [-0.4, -0.2) is 58.5 Å². The molecule has 1 aliphatic heterocycles. The first kappa shape index (κ1) is 12.5. The van der Waals surface area contributed by atoms with Crippen molar-refractivity contribution in [1.82, 2.24) is 0 Å². The van der Waals surface area contributed by atoms with E-state index in [1.54, 1.807) is 0 Å². The Morgan fingerprint density at radius 1 is 1.12 bits per heavy atom.